The summed E-state index contributed by atoms with van der Waals surface area (Å²) in [6.45, 7) is 3.31. The Morgan fingerprint density at radius 2 is 1.50 bits per heavy atom. The molecule has 8 N–H and O–H groups in total. The quantitative estimate of drug-likeness (QED) is 0.0162. The van der Waals surface area contributed by atoms with Gasteiger partial charge in [0.1, 0.15) is 37.6 Å². The van der Waals surface area contributed by atoms with Crippen molar-refractivity contribution in [1.29, 1.82) is 0 Å². The first-order valence-corrected chi connectivity index (χ1v) is 17.5. The molecule has 4 amide bonds. The normalized spacial score (nSPS) is 21.3. The summed E-state index contributed by atoms with van der Waals surface area (Å²) in [7, 11) is 3.04. The molecule has 1 fully saturated rings. The third-order valence-corrected chi connectivity index (χ3v) is 7.44. The van der Waals surface area contributed by atoms with E-state index in [1.54, 1.807) is 13.8 Å². The molecule has 0 aromatic rings. The van der Waals surface area contributed by atoms with Crippen LogP contribution in [0.25, 0.3) is 0 Å². The molecule has 1 saturated heterocycles. The average molecular weight is 787 g/mol. The van der Waals surface area contributed by atoms with Gasteiger partial charge in [0.15, 0.2) is 0 Å². The van der Waals surface area contributed by atoms with E-state index in [4.69, 9.17) is 42.6 Å². The minimum atomic E-state index is -2.20. The van der Waals surface area contributed by atoms with Gasteiger partial charge in [-0.15, -0.1) is 0 Å². The highest BCUT2D eigenvalue weighted by atomic mass is 16.9. The topological polar surface area (TPSA) is 297 Å². The minimum Gasteiger partial charge on any atom is -0.447 e. The van der Waals surface area contributed by atoms with Crippen molar-refractivity contribution in [3.63, 3.8) is 0 Å². The molecule has 0 bridgehead atoms. The van der Waals surface area contributed by atoms with Crippen LogP contribution in [-0.4, -0.2) is 186 Å². The van der Waals surface area contributed by atoms with Gasteiger partial charge >= 0.3 is 18.2 Å². The lowest BCUT2D eigenvalue weighted by Crippen LogP contribution is -2.67. The lowest BCUT2D eigenvalue weighted by Gasteiger charge is -2.47. The number of aliphatic hydroxyl groups is 4. The minimum absolute atomic E-state index is 0.000839. The molecule has 1 rings (SSSR count). The molecule has 22 heteroatoms. The monoisotopic (exact) mass is 786 g/mol. The zero-order valence-electron chi connectivity index (χ0n) is 31.2. The lowest BCUT2D eigenvalue weighted by molar-refractivity contribution is -0.417. The average Bonchev–Trinajstić information content (AvgIpc) is 3.13. The molecule has 1 heterocycles. The van der Waals surface area contributed by atoms with Gasteiger partial charge < -0.3 is 84.3 Å². The molecule has 0 spiro atoms. The first-order chi connectivity index (χ1) is 25.8. The summed E-state index contributed by atoms with van der Waals surface area (Å²) in [5, 5.41) is 51.1. The number of hydrogen-bond donors (Lipinski definition) is 8. The summed E-state index contributed by atoms with van der Waals surface area (Å²) in [6.07, 6.45) is -8.96. The summed E-state index contributed by atoms with van der Waals surface area (Å²) < 4.78 is 46.5. The Morgan fingerprint density at radius 3 is 2.07 bits per heavy atom. The highest BCUT2D eigenvalue weighted by Gasteiger charge is 2.53. The van der Waals surface area contributed by atoms with Gasteiger partial charge in [-0.1, -0.05) is 0 Å². The number of rotatable bonds is 29. The standard InChI is InChI=1S/C32H58N4O18/c1-21(2)53-32(52-20-38)17-23(39)26(28(54-32)27(42)24(40)19-37)36-25(41)18-34-29(43)22(35-31(45)51-16-14-49-12-10-47-4)7-5-6-8-33-30(44)50-15-13-48-11-9-46-3/h20-24,26-28,37,39-40,42H,5-19H2,1-4H3,(H,33,44)(H,34,43)(H,35,45)(H,36,41). The second-order valence-corrected chi connectivity index (χ2v) is 12.1. The largest absolute Gasteiger partial charge is 0.447 e. The number of alkyl carbamates (subject to hydrolysis) is 2. The van der Waals surface area contributed by atoms with Crippen LogP contribution >= 0.6 is 0 Å². The van der Waals surface area contributed by atoms with Crippen LogP contribution in [0.1, 0.15) is 39.5 Å². The molecule has 7 atom stereocenters. The Hall–Kier alpha value is -3.45. The van der Waals surface area contributed by atoms with E-state index in [1.165, 1.54) is 14.2 Å². The SMILES string of the molecule is COCCOCCOC(=O)NCCCCC(NC(=O)OCCOCCOC)C(=O)NCC(=O)NC1C(O)CC(OC=O)(OC(C)C)OC1C(O)C(O)CO. The second kappa shape index (κ2) is 28.0. The highest BCUT2D eigenvalue weighted by molar-refractivity contribution is 5.89. The van der Waals surface area contributed by atoms with Crippen LogP contribution in [0.3, 0.4) is 0 Å². The van der Waals surface area contributed by atoms with E-state index in [0.29, 0.717) is 32.7 Å². The highest BCUT2D eigenvalue weighted by Crippen LogP contribution is 2.34. The van der Waals surface area contributed by atoms with E-state index in [9.17, 15) is 44.4 Å². The number of aliphatic hydroxyl groups excluding tert-OH is 4. The van der Waals surface area contributed by atoms with Gasteiger partial charge in [0, 0.05) is 20.8 Å². The third kappa shape index (κ3) is 19.8. The Bertz CT molecular complexity index is 1090. The molecule has 0 aliphatic carbocycles. The van der Waals surface area contributed by atoms with Gasteiger partial charge in [-0.3, -0.25) is 14.4 Å². The van der Waals surface area contributed by atoms with Crippen LogP contribution in [0, 0.1) is 0 Å². The van der Waals surface area contributed by atoms with Crippen LogP contribution in [-0.2, 0) is 57.0 Å². The summed E-state index contributed by atoms with van der Waals surface area (Å²) >= 11 is 0. The first kappa shape index (κ1) is 48.6. The van der Waals surface area contributed by atoms with Crippen molar-refractivity contribution in [3.8, 4) is 0 Å². The van der Waals surface area contributed by atoms with Crippen molar-refractivity contribution in [2.75, 3.05) is 86.8 Å². The van der Waals surface area contributed by atoms with E-state index in [-0.39, 0.29) is 52.5 Å². The molecular weight excluding hydrogens is 728 g/mol. The van der Waals surface area contributed by atoms with Crippen molar-refractivity contribution in [1.82, 2.24) is 21.3 Å². The fraction of sp³-hybridized carbons (Fsp3) is 0.844. The summed E-state index contributed by atoms with van der Waals surface area (Å²) in [5.74, 6) is -3.87. The van der Waals surface area contributed by atoms with E-state index < -0.39 is 92.1 Å². The Morgan fingerprint density at radius 1 is 0.889 bits per heavy atom. The van der Waals surface area contributed by atoms with Gasteiger partial charge in [-0.05, 0) is 33.1 Å². The zero-order chi connectivity index (χ0) is 40.4. The van der Waals surface area contributed by atoms with Gasteiger partial charge in [-0.2, -0.15) is 0 Å². The van der Waals surface area contributed by atoms with Crippen LogP contribution in [0.2, 0.25) is 0 Å². The molecule has 7 unspecified atom stereocenters. The fourth-order valence-corrected chi connectivity index (χ4v) is 4.90. The van der Waals surface area contributed by atoms with Crippen molar-refractivity contribution in [2.45, 2.75) is 88.1 Å². The van der Waals surface area contributed by atoms with E-state index in [2.05, 4.69) is 21.3 Å². The Balaban J connectivity index is 2.85. The van der Waals surface area contributed by atoms with Gasteiger partial charge in [-0.25, -0.2) is 9.59 Å². The number of amides is 4. The maximum Gasteiger partial charge on any atom is 0.407 e. The van der Waals surface area contributed by atoms with Crippen LogP contribution in [0.4, 0.5) is 9.59 Å². The first-order valence-electron chi connectivity index (χ1n) is 17.5. The number of methoxy groups -OCH3 is 2. The molecular formula is C32H58N4O18. The molecule has 0 aromatic heterocycles. The van der Waals surface area contributed by atoms with Crippen molar-refractivity contribution < 1.29 is 87.0 Å². The molecule has 0 saturated carbocycles. The predicted molar refractivity (Wildman–Crippen MR) is 183 cm³/mol. The predicted octanol–water partition coefficient (Wildman–Crippen LogP) is -2.98. The third-order valence-electron chi connectivity index (χ3n) is 7.44. The molecule has 22 nitrogen and oxygen atoms in total. The fourth-order valence-electron chi connectivity index (χ4n) is 4.90. The molecule has 314 valence electrons. The van der Waals surface area contributed by atoms with Crippen molar-refractivity contribution in [2.24, 2.45) is 0 Å². The summed E-state index contributed by atoms with van der Waals surface area (Å²) in [6, 6.07) is -2.65. The van der Waals surface area contributed by atoms with Crippen molar-refractivity contribution >= 4 is 30.5 Å². The van der Waals surface area contributed by atoms with E-state index in [0.717, 1.165) is 0 Å². The molecule has 0 radical (unpaired) electrons. The number of carbonyl (C=O) groups is 5. The number of ether oxygens (including phenoxy) is 9. The van der Waals surface area contributed by atoms with Gasteiger partial charge in [0.2, 0.25) is 11.8 Å². The Kier molecular flexibility index (Phi) is 25.2. The molecule has 0 aromatic carbocycles. The zero-order valence-corrected chi connectivity index (χ0v) is 31.2. The molecule has 1 aliphatic heterocycles. The number of nitrogens with one attached hydrogen (secondary N) is 4. The smallest absolute Gasteiger partial charge is 0.407 e. The molecule has 54 heavy (non-hydrogen) atoms. The number of hydrogen-bond acceptors (Lipinski definition) is 18. The van der Waals surface area contributed by atoms with E-state index in [1.807, 2.05) is 0 Å². The van der Waals surface area contributed by atoms with E-state index >= 15 is 0 Å². The molecule has 1 aliphatic rings. The van der Waals surface area contributed by atoms with Gasteiger partial charge in [0.05, 0.1) is 77.5 Å². The van der Waals surface area contributed by atoms with Crippen LogP contribution in [0.15, 0.2) is 0 Å². The lowest BCUT2D eigenvalue weighted by atomic mass is 9.91. The maximum absolute atomic E-state index is 13.2. The van der Waals surface area contributed by atoms with Crippen LogP contribution < -0.4 is 21.3 Å². The maximum atomic E-state index is 13.2. The number of unbranched alkanes of at least 4 members (excludes halogenated alkanes) is 1. The number of carbonyl (C=O) groups excluding carboxylic acids is 5. The van der Waals surface area contributed by atoms with Crippen LogP contribution in [0.5, 0.6) is 0 Å². The Labute approximate surface area is 313 Å². The van der Waals surface area contributed by atoms with Gasteiger partial charge in [0.25, 0.3) is 6.47 Å². The summed E-state index contributed by atoms with van der Waals surface area (Å²) in [5.41, 5.74) is 0. The summed E-state index contributed by atoms with van der Waals surface area (Å²) in [4.78, 5) is 61.8. The van der Waals surface area contributed by atoms with Crippen molar-refractivity contribution in [3.05, 3.63) is 0 Å². The second-order valence-electron chi connectivity index (χ2n) is 12.1.